The van der Waals surface area contributed by atoms with E-state index < -0.39 is 11.9 Å². The van der Waals surface area contributed by atoms with Crippen molar-refractivity contribution in [1.29, 1.82) is 0 Å². The molecule has 3 heterocycles. The molecule has 1 unspecified atom stereocenters. The molecule has 0 spiro atoms. The number of benzene rings is 1. The number of thiazole rings is 1. The van der Waals surface area contributed by atoms with Gasteiger partial charge in [-0.1, -0.05) is 30.3 Å². The SMILES string of the molecule is O=C(O)C1CCN(C(=O)[C@@H]2CN(Cc3ccccc3)C[C@H]2c2nccs2)C1. The number of aromatic nitrogens is 1. The van der Waals surface area contributed by atoms with Crippen molar-refractivity contribution in [1.82, 2.24) is 14.8 Å². The fraction of sp³-hybridized carbons (Fsp3) is 0.450. The Morgan fingerprint density at radius 1 is 1.19 bits per heavy atom. The van der Waals surface area contributed by atoms with Crippen LogP contribution in [-0.4, -0.2) is 57.9 Å². The first kappa shape index (κ1) is 18.1. The fourth-order valence-electron chi connectivity index (χ4n) is 4.17. The zero-order chi connectivity index (χ0) is 18.8. The predicted octanol–water partition coefficient (Wildman–Crippen LogP) is 2.29. The maximum atomic E-state index is 13.2. The van der Waals surface area contributed by atoms with Gasteiger partial charge in [0.15, 0.2) is 0 Å². The Morgan fingerprint density at radius 3 is 2.67 bits per heavy atom. The van der Waals surface area contributed by atoms with Crippen LogP contribution in [0.2, 0.25) is 0 Å². The van der Waals surface area contributed by atoms with Gasteiger partial charge >= 0.3 is 5.97 Å². The third-order valence-corrected chi connectivity index (χ3v) is 6.49. The molecule has 1 amide bonds. The van der Waals surface area contributed by atoms with Crippen molar-refractivity contribution >= 4 is 23.2 Å². The summed E-state index contributed by atoms with van der Waals surface area (Å²) in [5, 5.41) is 12.2. The first-order chi connectivity index (χ1) is 13.1. The van der Waals surface area contributed by atoms with E-state index in [-0.39, 0.29) is 17.7 Å². The lowest BCUT2D eigenvalue weighted by Gasteiger charge is -2.23. The molecule has 2 aromatic rings. The molecule has 0 saturated carbocycles. The number of aliphatic carboxylic acids is 1. The highest BCUT2D eigenvalue weighted by atomic mass is 32.1. The Bertz CT molecular complexity index is 796. The minimum atomic E-state index is -0.807. The predicted molar refractivity (Wildman–Crippen MR) is 102 cm³/mol. The number of likely N-dealkylation sites (tertiary alicyclic amines) is 2. The summed E-state index contributed by atoms with van der Waals surface area (Å²) >= 11 is 1.60. The first-order valence-electron chi connectivity index (χ1n) is 9.29. The van der Waals surface area contributed by atoms with Crippen LogP contribution >= 0.6 is 11.3 Å². The quantitative estimate of drug-likeness (QED) is 0.855. The average molecular weight is 385 g/mol. The van der Waals surface area contributed by atoms with Crippen LogP contribution in [0.1, 0.15) is 22.9 Å². The van der Waals surface area contributed by atoms with Crippen molar-refractivity contribution in [2.75, 3.05) is 26.2 Å². The van der Waals surface area contributed by atoms with Gasteiger partial charge < -0.3 is 10.0 Å². The van der Waals surface area contributed by atoms with Gasteiger partial charge in [-0.05, 0) is 12.0 Å². The van der Waals surface area contributed by atoms with E-state index in [0.717, 1.165) is 18.1 Å². The number of hydrogen-bond donors (Lipinski definition) is 1. The highest BCUT2D eigenvalue weighted by Gasteiger charge is 2.43. The van der Waals surface area contributed by atoms with Gasteiger partial charge in [-0.25, -0.2) is 4.98 Å². The molecule has 142 valence electrons. The Labute approximate surface area is 162 Å². The van der Waals surface area contributed by atoms with E-state index in [9.17, 15) is 14.7 Å². The number of nitrogens with zero attached hydrogens (tertiary/aromatic N) is 3. The number of carboxylic acid groups (broad SMARTS) is 1. The molecule has 2 fully saturated rings. The van der Waals surface area contributed by atoms with E-state index in [2.05, 4.69) is 22.0 Å². The monoisotopic (exact) mass is 385 g/mol. The van der Waals surface area contributed by atoms with Gasteiger partial charge in [0.05, 0.1) is 16.8 Å². The van der Waals surface area contributed by atoms with Crippen molar-refractivity contribution in [2.45, 2.75) is 18.9 Å². The standard InChI is InChI=1S/C20H23N3O3S/c24-19(23-8-6-15(11-23)20(25)26)17-13-22(10-14-4-2-1-3-5-14)12-16(17)18-21-7-9-27-18/h1-5,7,9,15-17H,6,8,10-13H2,(H,25,26)/t15?,16-,17-/m1/s1. The van der Waals surface area contributed by atoms with Crippen molar-refractivity contribution in [3.63, 3.8) is 0 Å². The van der Waals surface area contributed by atoms with E-state index in [1.165, 1.54) is 5.56 Å². The van der Waals surface area contributed by atoms with E-state index in [1.807, 2.05) is 23.6 Å². The summed E-state index contributed by atoms with van der Waals surface area (Å²) in [6.07, 6.45) is 2.33. The van der Waals surface area contributed by atoms with Crippen molar-refractivity contribution in [3.8, 4) is 0 Å². The van der Waals surface area contributed by atoms with Gasteiger partial charge in [0.1, 0.15) is 0 Å². The summed E-state index contributed by atoms with van der Waals surface area (Å²) in [5.41, 5.74) is 1.23. The molecule has 3 atom stereocenters. The third-order valence-electron chi connectivity index (χ3n) is 5.58. The van der Waals surface area contributed by atoms with Crippen LogP contribution in [0.5, 0.6) is 0 Å². The zero-order valence-electron chi connectivity index (χ0n) is 15.0. The van der Waals surface area contributed by atoms with Crippen LogP contribution in [0.25, 0.3) is 0 Å². The van der Waals surface area contributed by atoms with E-state index >= 15 is 0 Å². The molecule has 2 saturated heterocycles. The molecule has 7 heteroatoms. The van der Waals surface area contributed by atoms with Crippen LogP contribution < -0.4 is 0 Å². The Morgan fingerprint density at radius 2 is 2.00 bits per heavy atom. The Kier molecular flexibility index (Phi) is 5.22. The summed E-state index contributed by atoms with van der Waals surface area (Å²) in [6, 6.07) is 10.3. The van der Waals surface area contributed by atoms with Gasteiger partial charge in [-0.2, -0.15) is 0 Å². The lowest BCUT2D eigenvalue weighted by atomic mass is 9.95. The molecular weight excluding hydrogens is 362 g/mol. The number of carboxylic acids is 1. The second-order valence-electron chi connectivity index (χ2n) is 7.37. The van der Waals surface area contributed by atoms with Gasteiger partial charge in [0, 0.05) is 50.2 Å². The summed E-state index contributed by atoms with van der Waals surface area (Å²) in [4.78, 5) is 33.0. The average Bonchev–Trinajstić information content (AvgIpc) is 3.42. The number of carbonyl (C=O) groups excluding carboxylic acids is 1. The van der Waals surface area contributed by atoms with Gasteiger partial charge in [-0.15, -0.1) is 11.3 Å². The van der Waals surface area contributed by atoms with Crippen molar-refractivity contribution in [2.24, 2.45) is 11.8 Å². The highest BCUT2D eigenvalue weighted by molar-refractivity contribution is 7.09. The molecule has 0 radical (unpaired) electrons. The number of rotatable bonds is 5. The van der Waals surface area contributed by atoms with Crippen molar-refractivity contribution in [3.05, 3.63) is 52.5 Å². The van der Waals surface area contributed by atoms with Crippen LogP contribution in [-0.2, 0) is 16.1 Å². The topological polar surface area (TPSA) is 73.7 Å². The highest BCUT2D eigenvalue weighted by Crippen LogP contribution is 2.36. The zero-order valence-corrected chi connectivity index (χ0v) is 15.8. The minimum absolute atomic E-state index is 0.0742. The molecular formula is C20H23N3O3S. The maximum Gasteiger partial charge on any atom is 0.308 e. The molecule has 2 aliphatic heterocycles. The molecule has 2 aliphatic rings. The van der Waals surface area contributed by atoms with Gasteiger partial charge in [0.25, 0.3) is 0 Å². The Hall–Kier alpha value is -2.25. The summed E-state index contributed by atoms with van der Waals surface area (Å²) in [7, 11) is 0. The Balaban J connectivity index is 1.50. The van der Waals surface area contributed by atoms with Crippen LogP contribution in [0, 0.1) is 11.8 Å². The second-order valence-corrected chi connectivity index (χ2v) is 8.30. The normalized spacial score (nSPS) is 25.8. The molecule has 27 heavy (non-hydrogen) atoms. The number of carbonyl (C=O) groups is 2. The first-order valence-corrected chi connectivity index (χ1v) is 10.2. The van der Waals surface area contributed by atoms with Crippen LogP contribution in [0.4, 0.5) is 0 Å². The van der Waals surface area contributed by atoms with E-state index in [4.69, 9.17) is 0 Å². The van der Waals surface area contributed by atoms with E-state index in [0.29, 0.717) is 26.1 Å². The molecule has 0 aliphatic carbocycles. The summed E-state index contributed by atoms with van der Waals surface area (Å²) in [5.74, 6) is -1.25. The molecule has 1 aromatic heterocycles. The smallest absolute Gasteiger partial charge is 0.308 e. The largest absolute Gasteiger partial charge is 0.481 e. The van der Waals surface area contributed by atoms with E-state index in [1.54, 1.807) is 22.4 Å². The van der Waals surface area contributed by atoms with Gasteiger partial charge in [0.2, 0.25) is 5.91 Å². The molecule has 6 nitrogen and oxygen atoms in total. The van der Waals surface area contributed by atoms with Crippen molar-refractivity contribution < 1.29 is 14.7 Å². The van der Waals surface area contributed by atoms with Gasteiger partial charge in [-0.3, -0.25) is 14.5 Å². The lowest BCUT2D eigenvalue weighted by molar-refractivity contribution is -0.141. The molecule has 0 bridgehead atoms. The van der Waals surface area contributed by atoms with Crippen LogP contribution in [0.3, 0.4) is 0 Å². The second kappa shape index (κ2) is 7.78. The molecule has 4 rings (SSSR count). The lowest BCUT2D eigenvalue weighted by Crippen LogP contribution is -2.38. The minimum Gasteiger partial charge on any atom is -0.481 e. The maximum absolute atomic E-state index is 13.2. The number of amides is 1. The molecule has 1 aromatic carbocycles. The molecule has 1 N–H and O–H groups in total. The summed E-state index contributed by atoms with van der Waals surface area (Å²) < 4.78 is 0. The fourth-order valence-corrected chi connectivity index (χ4v) is 4.97. The summed E-state index contributed by atoms with van der Waals surface area (Å²) in [6.45, 7) is 3.16. The number of hydrogen-bond acceptors (Lipinski definition) is 5. The van der Waals surface area contributed by atoms with Crippen LogP contribution in [0.15, 0.2) is 41.9 Å². The third kappa shape index (κ3) is 3.89.